The van der Waals surface area contributed by atoms with Gasteiger partial charge in [-0.05, 0) is 25.5 Å². The van der Waals surface area contributed by atoms with Crippen molar-refractivity contribution in [3.05, 3.63) is 29.8 Å². The number of para-hydroxylation sites is 1. The molecule has 0 heterocycles. The molecule has 6 heteroatoms. The van der Waals surface area contributed by atoms with Crippen molar-refractivity contribution >= 4 is 11.9 Å². The normalized spacial score (nSPS) is 11.7. The summed E-state index contributed by atoms with van der Waals surface area (Å²) in [6, 6.07) is 5.66. The zero-order valence-electron chi connectivity index (χ0n) is 12.3. The highest BCUT2D eigenvalue weighted by Crippen LogP contribution is 2.18. The first-order valence-corrected chi connectivity index (χ1v) is 6.93. The molecule has 0 saturated heterocycles. The van der Waals surface area contributed by atoms with E-state index in [4.69, 9.17) is 14.6 Å². The van der Waals surface area contributed by atoms with Crippen molar-refractivity contribution in [1.29, 1.82) is 0 Å². The number of carbonyl (C=O) groups excluding carboxylic acids is 1. The van der Waals surface area contributed by atoms with E-state index in [2.05, 4.69) is 5.32 Å². The van der Waals surface area contributed by atoms with E-state index >= 15 is 0 Å². The molecule has 0 radical (unpaired) electrons. The van der Waals surface area contributed by atoms with Crippen LogP contribution in [0.4, 0.5) is 0 Å². The van der Waals surface area contributed by atoms with Crippen LogP contribution in [0.25, 0.3) is 0 Å². The lowest BCUT2D eigenvalue weighted by Crippen LogP contribution is -2.44. The molecule has 116 valence electrons. The monoisotopic (exact) mass is 295 g/mol. The van der Waals surface area contributed by atoms with Gasteiger partial charge in [-0.3, -0.25) is 4.79 Å². The number of carboxylic acid groups (broad SMARTS) is 1. The molecular formula is C15H21NO5. The van der Waals surface area contributed by atoms with Crippen molar-refractivity contribution in [3.63, 3.8) is 0 Å². The summed E-state index contributed by atoms with van der Waals surface area (Å²) in [6.07, 6.45) is 0.818. The van der Waals surface area contributed by atoms with Crippen LogP contribution >= 0.6 is 0 Å². The second kappa shape index (κ2) is 8.97. The first kappa shape index (κ1) is 17.0. The molecule has 1 aromatic rings. The fraction of sp³-hybridized carbons (Fsp3) is 0.467. The Morgan fingerprint density at radius 1 is 1.29 bits per heavy atom. The number of nitrogens with one attached hydrogen (secondary N) is 1. The van der Waals surface area contributed by atoms with Crippen LogP contribution in [-0.4, -0.2) is 42.8 Å². The lowest BCUT2D eigenvalue weighted by Gasteiger charge is -2.16. The van der Waals surface area contributed by atoms with Crippen molar-refractivity contribution in [2.45, 2.75) is 26.3 Å². The first-order chi connectivity index (χ1) is 10.1. The average molecular weight is 295 g/mol. The summed E-state index contributed by atoms with van der Waals surface area (Å²) in [5.41, 5.74) is 0.314. The van der Waals surface area contributed by atoms with Crippen molar-refractivity contribution in [1.82, 2.24) is 5.32 Å². The van der Waals surface area contributed by atoms with E-state index < -0.39 is 17.9 Å². The van der Waals surface area contributed by atoms with Crippen LogP contribution in [0.3, 0.4) is 0 Å². The second-order valence-electron chi connectivity index (χ2n) is 4.37. The number of carboxylic acids is 1. The summed E-state index contributed by atoms with van der Waals surface area (Å²) in [7, 11) is 0. The van der Waals surface area contributed by atoms with Gasteiger partial charge in [0.05, 0.1) is 18.8 Å². The van der Waals surface area contributed by atoms with Crippen LogP contribution in [0.1, 0.15) is 30.6 Å². The fourth-order valence-electron chi connectivity index (χ4n) is 1.64. The van der Waals surface area contributed by atoms with E-state index in [0.29, 0.717) is 24.5 Å². The summed E-state index contributed by atoms with van der Waals surface area (Å²) in [5.74, 6) is -1.19. The molecule has 0 spiro atoms. The maximum atomic E-state index is 12.2. The fourth-order valence-corrected chi connectivity index (χ4v) is 1.64. The predicted molar refractivity (Wildman–Crippen MR) is 77.6 cm³/mol. The van der Waals surface area contributed by atoms with Gasteiger partial charge in [-0.25, -0.2) is 4.79 Å². The third kappa shape index (κ3) is 5.43. The van der Waals surface area contributed by atoms with E-state index in [1.54, 1.807) is 31.2 Å². The number of hydrogen-bond donors (Lipinski definition) is 2. The average Bonchev–Trinajstić information content (AvgIpc) is 2.49. The van der Waals surface area contributed by atoms with Gasteiger partial charge in [-0.15, -0.1) is 0 Å². The number of rotatable bonds is 9. The van der Waals surface area contributed by atoms with Crippen LogP contribution in [0.2, 0.25) is 0 Å². The Labute approximate surface area is 124 Å². The highest BCUT2D eigenvalue weighted by atomic mass is 16.5. The summed E-state index contributed by atoms with van der Waals surface area (Å²) >= 11 is 0. The van der Waals surface area contributed by atoms with Crippen molar-refractivity contribution in [3.8, 4) is 5.75 Å². The van der Waals surface area contributed by atoms with Gasteiger partial charge < -0.3 is 19.9 Å². The van der Waals surface area contributed by atoms with Crippen molar-refractivity contribution in [2.24, 2.45) is 0 Å². The van der Waals surface area contributed by atoms with E-state index in [0.717, 1.165) is 6.42 Å². The minimum absolute atomic E-state index is 0.0739. The Hall–Kier alpha value is -2.08. The molecule has 0 fully saturated rings. The number of carbonyl (C=O) groups is 2. The Morgan fingerprint density at radius 2 is 2.00 bits per heavy atom. The van der Waals surface area contributed by atoms with E-state index in [9.17, 15) is 9.59 Å². The highest BCUT2D eigenvalue weighted by Gasteiger charge is 2.22. The summed E-state index contributed by atoms with van der Waals surface area (Å²) in [6.45, 7) is 4.52. The molecule has 1 aromatic carbocycles. The number of hydrogen-bond acceptors (Lipinski definition) is 4. The minimum atomic E-state index is -1.14. The maximum Gasteiger partial charge on any atom is 0.328 e. The van der Waals surface area contributed by atoms with E-state index in [1.807, 2.05) is 6.92 Å². The zero-order chi connectivity index (χ0) is 15.7. The molecule has 1 rings (SSSR count). The molecule has 2 N–H and O–H groups in total. The molecule has 0 saturated carbocycles. The molecule has 0 aliphatic rings. The number of amides is 1. The van der Waals surface area contributed by atoms with Crippen LogP contribution < -0.4 is 10.1 Å². The van der Waals surface area contributed by atoms with E-state index in [1.165, 1.54) is 0 Å². The molecule has 0 bridgehead atoms. The van der Waals surface area contributed by atoms with E-state index in [-0.39, 0.29) is 6.61 Å². The van der Waals surface area contributed by atoms with Gasteiger partial charge in [0.25, 0.3) is 5.91 Å². The van der Waals surface area contributed by atoms with Gasteiger partial charge in [0.15, 0.2) is 6.04 Å². The standard InChI is InChI=1S/C15H21NO5/c1-3-9-21-13-8-6-5-7-11(13)14(17)16-12(15(18)19)10-20-4-2/h5-8,12H,3-4,9-10H2,1-2H3,(H,16,17)(H,18,19)/t12-/m0/s1. The molecule has 0 aliphatic carbocycles. The quantitative estimate of drug-likeness (QED) is 0.724. The van der Waals surface area contributed by atoms with Crippen LogP contribution in [-0.2, 0) is 9.53 Å². The SMILES string of the molecule is CCCOc1ccccc1C(=O)N[C@@H](COCC)C(=O)O. The van der Waals surface area contributed by atoms with Gasteiger partial charge in [-0.2, -0.15) is 0 Å². The summed E-state index contributed by atoms with van der Waals surface area (Å²) in [5, 5.41) is 11.5. The third-order valence-electron chi connectivity index (χ3n) is 2.69. The molecule has 0 unspecified atom stereocenters. The lowest BCUT2D eigenvalue weighted by molar-refractivity contribution is -0.140. The third-order valence-corrected chi connectivity index (χ3v) is 2.69. The Morgan fingerprint density at radius 3 is 2.62 bits per heavy atom. The molecule has 21 heavy (non-hydrogen) atoms. The maximum absolute atomic E-state index is 12.2. The smallest absolute Gasteiger partial charge is 0.328 e. The van der Waals surface area contributed by atoms with Crippen molar-refractivity contribution < 1.29 is 24.2 Å². The first-order valence-electron chi connectivity index (χ1n) is 6.93. The minimum Gasteiger partial charge on any atom is -0.493 e. The van der Waals surface area contributed by atoms with Gasteiger partial charge in [0.1, 0.15) is 5.75 Å². The molecule has 0 aromatic heterocycles. The van der Waals surface area contributed by atoms with Gasteiger partial charge in [0, 0.05) is 6.61 Å². The number of aliphatic carboxylic acids is 1. The molecule has 1 amide bonds. The van der Waals surface area contributed by atoms with Gasteiger partial charge in [0.2, 0.25) is 0 Å². The Bertz CT molecular complexity index is 475. The molecular weight excluding hydrogens is 274 g/mol. The molecule has 0 aliphatic heterocycles. The topological polar surface area (TPSA) is 84.9 Å². The lowest BCUT2D eigenvalue weighted by atomic mass is 10.1. The van der Waals surface area contributed by atoms with Gasteiger partial charge >= 0.3 is 5.97 Å². The predicted octanol–water partition coefficient (Wildman–Crippen LogP) is 1.69. The van der Waals surface area contributed by atoms with Crippen LogP contribution in [0.15, 0.2) is 24.3 Å². The number of ether oxygens (including phenoxy) is 2. The largest absolute Gasteiger partial charge is 0.493 e. The molecule has 1 atom stereocenters. The summed E-state index contributed by atoms with van der Waals surface area (Å²) in [4.78, 5) is 23.3. The number of benzene rings is 1. The summed E-state index contributed by atoms with van der Waals surface area (Å²) < 4.78 is 10.6. The van der Waals surface area contributed by atoms with Crippen LogP contribution in [0, 0.1) is 0 Å². The van der Waals surface area contributed by atoms with Gasteiger partial charge in [-0.1, -0.05) is 19.1 Å². The Balaban J connectivity index is 2.79. The highest BCUT2D eigenvalue weighted by molar-refractivity contribution is 5.98. The second-order valence-corrected chi connectivity index (χ2v) is 4.37. The zero-order valence-corrected chi connectivity index (χ0v) is 12.3. The van der Waals surface area contributed by atoms with Crippen molar-refractivity contribution in [2.75, 3.05) is 19.8 Å². The Kier molecular flexibility index (Phi) is 7.25. The van der Waals surface area contributed by atoms with Crippen LogP contribution in [0.5, 0.6) is 5.75 Å². The molecule has 6 nitrogen and oxygen atoms in total.